The van der Waals surface area contributed by atoms with Gasteiger partial charge in [-0.3, -0.25) is 4.98 Å². The van der Waals surface area contributed by atoms with Gasteiger partial charge < -0.3 is 4.42 Å². The Hall–Kier alpha value is -6.98. The maximum absolute atomic E-state index is 6.59. The van der Waals surface area contributed by atoms with Crippen LogP contribution in [0, 0.1) is 0 Å². The standard InChI is InChI=1S/C48H30N4O/c1-3-9-32-25-36(17-15-29(32)7-1)46-50-47(37-18-16-30-8-2-4-10-33(30)26-37)52-48(51-46)40-13-5-11-34-27-35(19-21-38(34)40)39-12-6-14-41-44-42-28-49-24-23-31(42)20-22-43(44)53-45(39)41/h1-18,20,22-28H,19,21H2. The number of furan rings is 1. The van der Waals surface area contributed by atoms with Crippen molar-refractivity contribution in [2.45, 2.75) is 12.8 Å². The molecule has 0 N–H and O–H groups in total. The fraction of sp³-hybridized carbons (Fsp3) is 0.0417. The third-order valence-electron chi connectivity index (χ3n) is 10.7. The van der Waals surface area contributed by atoms with Crippen LogP contribution in [0.3, 0.4) is 0 Å². The number of fused-ring (bicyclic) bond motifs is 8. The molecule has 11 rings (SSSR count). The Kier molecular flexibility index (Phi) is 6.61. The minimum absolute atomic E-state index is 0.660. The molecular weight excluding hydrogens is 649 g/mol. The summed E-state index contributed by atoms with van der Waals surface area (Å²) >= 11 is 0. The highest BCUT2D eigenvalue weighted by molar-refractivity contribution is 6.20. The van der Waals surface area contributed by atoms with Crippen molar-refractivity contribution in [3.05, 3.63) is 169 Å². The van der Waals surface area contributed by atoms with Crippen LogP contribution in [0.4, 0.5) is 0 Å². The zero-order valence-corrected chi connectivity index (χ0v) is 28.6. The lowest BCUT2D eigenvalue weighted by atomic mass is 9.85. The summed E-state index contributed by atoms with van der Waals surface area (Å²) in [7, 11) is 0. The Labute approximate surface area is 305 Å². The number of pyridine rings is 1. The molecule has 0 fully saturated rings. The molecule has 0 saturated carbocycles. The Bertz CT molecular complexity index is 3040. The van der Waals surface area contributed by atoms with E-state index in [1.807, 2.05) is 12.4 Å². The number of hydrogen-bond donors (Lipinski definition) is 0. The third-order valence-corrected chi connectivity index (χ3v) is 10.7. The van der Waals surface area contributed by atoms with Crippen molar-refractivity contribution in [1.82, 2.24) is 19.9 Å². The summed E-state index contributed by atoms with van der Waals surface area (Å²) < 4.78 is 6.59. The van der Waals surface area contributed by atoms with Gasteiger partial charge in [-0.05, 0) is 80.7 Å². The first-order chi connectivity index (χ1) is 26.2. The van der Waals surface area contributed by atoms with Crippen LogP contribution in [0.5, 0.6) is 0 Å². The van der Waals surface area contributed by atoms with E-state index in [4.69, 9.17) is 19.4 Å². The zero-order chi connectivity index (χ0) is 34.9. The summed E-state index contributed by atoms with van der Waals surface area (Å²) in [5.41, 5.74) is 9.55. The van der Waals surface area contributed by atoms with E-state index >= 15 is 0 Å². The lowest BCUT2D eigenvalue weighted by molar-refractivity contribution is 0.667. The molecule has 0 unspecified atom stereocenters. The van der Waals surface area contributed by atoms with Gasteiger partial charge in [0.05, 0.1) is 0 Å². The quantitative estimate of drug-likeness (QED) is 0.185. The number of allylic oxidation sites excluding steroid dienone is 1. The summed E-state index contributed by atoms with van der Waals surface area (Å²) in [6, 6.07) is 48.8. The van der Waals surface area contributed by atoms with Crippen molar-refractivity contribution >= 4 is 65.9 Å². The third kappa shape index (κ3) is 4.93. The first kappa shape index (κ1) is 29.7. The van der Waals surface area contributed by atoms with E-state index in [0.29, 0.717) is 17.5 Å². The number of nitrogens with zero attached hydrogens (tertiary/aromatic N) is 4. The molecule has 7 aromatic carbocycles. The SMILES string of the molecule is C1=C(c2cccc3c2oc2ccc4ccncc4c23)CCc2c1cccc2-c1nc(-c2ccc3ccccc3c2)nc(-c2ccc3ccccc3c2)n1. The van der Waals surface area contributed by atoms with Crippen molar-refractivity contribution in [1.29, 1.82) is 0 Å². The normalized spacial score (nSPS) is 12.9. The molecule has 10 aromatic rings. The molecule has 0 atom stereocenters. The lowest BCUT2D eigenvalue weighted by Gasteiger charge is -2.20. The van der Waals surface area contributed by atoms with E-state index in [0.717, 1.165) is 78.6 Å². The maximum Gasteiger partial charge on any atom is 0.164 e. The van der Waals surface area contributed by atoms with Gasteiger partial charge in [-0.1, -0.05) is 121 Å². The molecule has 0 saturated heterocycles. The maximum atomic E-state index is 6.59. The smallest absolute Gasteiger partial charge is 0.164 e. The monoisotopic (exact) mass is 678 g/mol. The van der Waals surface area contributed by atoms with Gasteiger partial charge in [-0.25, -0.2) is 15.0 Å². The Morgan fingerprint density at radius 2 is 1.15 bits per heavy atom. The van der Waals surface area contributed by atoms with Crippen molar-refractivity contribution < 1.29 is 4.42 Å². The highest BCUT2D eigenvalue weighted by Gasteiger charge is 2.22. The van der Waals surface area contributed by atoms with Crippen LogP contribution >= 0.6 is 0 Å². The molecule has 0 amide bonds. The van der Waals surface area contributed by atoms with Gasteiger partial charge in [-0.2, -0.15) is 0 Å². The molecule has 1 aliphatic rings. The van der Waals surface area contributed by atoms with Gasteiger partial charge in [0.1, 0.15) is 11.2 Å². The van der Waals surface area contributed by atoms with E-state index < -0.39 is 0 Å². The highest BCUT2D eigenvalue weighted by atomic mass is 16.3. The van der Waals surface area contributed by atoms with Crippen LogP contribution < -0.4 is 0 Å². The van der Waals surface area contributed by atoms with Crippen LogP contribution in [0.25, 0.3) is 100 Å². The number of rotatable bonds is 4. The fourth-order valence-electron chi connectivity index (χ4n) is 8.08. The van der Waals surface area contributed by atoms with Gasteiger partial charge in [0.15, 0.2) is 17.5 Å². The second-order valence-corrected chi connectivity index (χ2v) is 13.8. The molecule has 5 heteroatoms. The molecule has 3 heterocycles. The van der Waals surface area contributed by atoms with Gasteiger partial charge >= 0.3 is 0 Å². The van der Waals surface area contributed by atoms with Crippen LogP contribution in [-0.4, -0.2) is 19.9 Å². The molecule has 0 aliphatic heterocycles. The zero-order valence-electron chi connectivity index (χ0n) is 28.6. The van der Waals surface area contributed by atoms with Gasteiger partial charge in [-0.15, -0.1) is 0 Å². The lowest BCUT2D eigenvalue weighted by Crippen LogP contribution is -2.05. The van der Waals surface area contributed by atoms with Crippen LogP contribution in [0.2, 0.25) is 0 Å². The van der Waals surface area contributed by atoms with Crippen LogP contribution in [-0.2, 0) is 6.42 Å². The summed E-state index contributed by atoms with van der Waals surface area (Å²) in [6.07, 6.45) is 7.81. The average molecular weight is 679 g/mol. The van der Waals surface area contributed by atoms with Crippen molar-refractivity contribution in [3.63, 3.8) is 0 Å². The van der Waals surface area contributed by atoms with Crippen molar-refractivity contribution in [3.8, 4) is 34.2 Å². The average Bonchev–Trinajstić information content (AvgIpc) is 3.62. The summed E-state index contributed by atoms with van der Waals surface area (Å²) in [4.78, 5) is 19.9. The molecule has 0 spiro atoms. The first-order valence-electron chi connectivity index (χ1n) is 18.0. The predicted molar refractivity (Wildman–Crippen MR) is 216 cm³/mol. The van der Waals surface area contributed by atoms with E-state index in [9.17, 15) is 0 Å². The Morgan fingerprint density at radius 3 is 1.91 bits per heavy atom. The second-order valence-electron chi connectivity index (χ2n) is 13.8. The summed E-state index contributed by atoms with van der Waals surface area (Å²) in [5.74, 6) is 2.00. The minimum Gasteiger partial charge on any atom is -0.455 e. The van der Waals surface area contributed by atoms with Gasteiger partial charge in [0, 0.05) is 50.8 Å². The van der Waals surface area contributed by atoms with Gasteiger partial charge in [0.25, 0.3) is 0 Å². The van der Waals surface area contributed by atoms with E-state index in [1.165, 1.54) is 27.5 Å². The predicted octanol–water partition coefficient (Wildman–Crippen LogP) is 12.1. The Balaban J connectivity index is 1.06. The number of aromatic nitrogens is 4. The summed E-state index contributed by atoms with van der Waals surface area (Å²) in [5, 5.41) is 9.17. The minimum atomic E-state index is 0.660. The number of hydrogen-bond acceptors (Lipinski definition) is 5. The first-order valence-corrected chi connectivity index (χ1v) is 18.0. The summed E-state index contributed by atoms with van der Waals surface area (Å²) in [6.45, 7) is 0. The fourth-order valence-corrected chi connectivity index (χ4v) is 8.08. The van der Waals surface area contributed by atoms with Gasteiger partial charge in [0.2, 0.25) is 0 Å². The van der Waals surface area contributed by atoms with E-state index in [2.05, 4.69) is 151 Å². The van der Waals surface area contributed by atoms with Crippen molar-refractivity contribution in [2.75, 3.05) is 0 Å². The topological polar surface area (TPSA) is 64.7 Å². The molecule has 1 aliphatic carbocycles. The molecule has 248 valence electrons. The second kappa shape index (κ2) is 11.8. The molecule has 5 nitrogen and oxygen atoms in total. The Morgan fingerprint density at radius 1 is 0.491 bits per heavy atom. The number of para-hydroxylation sites is 1. The van der Waals surface area contributed by atoms with E-state index in [1.54, 1.807) is 0 Å². The van der Waals surface area contributed by atoms with Crippen molar-refractivity contribution in [2.24, 2.45) is 0 Å². The largest absolute Gasteiger partial charge is 0.455 e. The van der Waals surface area contributed by atoms with Crippen LogP contribution in [0.15, 0.2) is 156 Å². The molecular formula is C48H30N4O. The van der Waals surface area contributed by atoms with E-state index in [-0.39, 0.29) is 0 Å². The number of benzene rings is 7. The molecule has 53 heavy (non-hydrogen) atoms. The molecule has 3 aromatic heterocycles. The molecule has 0 bridgehead atoms. The van der Waals surface area contributed by atoms with Crippen LogP contribution in [0.1, 0.15) is 23.1 Å². The molecule has 0 radical (unpaired) electrons. The highest BCUT2D eigenvalue weighted by Crippen LogP contribution is 2.42.